The van der Waals surface area contributed by atoms with Gasteiger partial charge in [-0.15, -0.1) is 11.6 Å². The Kier molecular flexibility index (Phi) is 5.66. The Labute approximate surface area is 98.4 Å². The zero-order valence-corrected chi connectivity index (χ0v) is 9.31. The predicted octanol–water partition coefficient (Wildman–Crippen LogP) is 3.31. The van der Waals surface area contributed by atoms with Crippen molar-refractivity contribution in [1.29, 1.82) is 0 Å². The van der Waals surface area contributed by atoms with E-state index in [4.69, 9.17) is 16.3 Å². The first-order valence-corrected chi connectivity index (χ1v) is 5.32. The van der Waals surface area contributed by atoms with Gasteiger partial charge in [-0.05, 0) is 12.1 Å². The molecule has 0 amide bonds. The summed E-state index contributed by atoms with van der Waals surface area (Å²) in [6.45, 7) is -0.617. The topological polar surface area (TPSA) is 9.23 Å². The van der Waals surface area contributed by atoms with Crippen LogP contribution in [0.4, 0.5) is 8.78 Å². The molecule has 4 heteroatoms. The van der Waals surface area contributed by atoms with Crippen molar-refractivity contribution in [2.75, 3.05) is 12.5 Å². The number of para-hydroxylation sites is 1. The Bertz CT molecular complexity index is 382. The van der Waals surface area contributed by atoms with Crippen LogP contribution in [-0.2, 0) is 0 Å². The van der Waals surface area contributed by atoms with Gasteiger partial charge in [0.2, 0.25) is 0 Å². The van der Waals surface area contributed by atoms with E-state index in [-0.39, 0.29) is 0 Å². The summed E-state index contributed by atoms with van der Waals surface area (Å²) < 4.78 is 28.9. The van der Waals surface area contributed by atoms with Crippen LogP contribution in [0.2, 0.25) is 0 Å². The molecule has 0 aliphatic carbocycles. The summed E-state index contributed by atoms with van der Waals surface area (Å²) in [5.74, 6) is 6.49. The first kappa shape index (κ1) is 12.8. The number of halogens is 3. The quantitative estimate of drug-likeness (QED) is 0.583. The van der Waals surface area contributed by atoms with Crippen LogP contribution in [0, 0.1) is 11.8 Å². The van der Waals surface area contributed by atoms with E-state index < -0.39 is 13.0 Å². The molecule has 0 fully saturated rings. The molecule has 0 aliphatic rings. The average molecular weight is 245 g/mol. The van der Waals surface area contributed by atoms with Crippen LogP contribution in [0.25, 0.3) is 0 Å². The molecule has 1 aromatic rings. The highest BCUT2D eigenvalue weighted by molar-refractivity contribution is 6.18. The van der Waals surface area contributed by atoms with E-state index in [1.807, 2.05) is 0 Å². The van der Waals surface area contributed by atoms with Crippen molar-refractivity contribution < 1.29 is 13.5 Å². The summed E-state index contributed by atoms with van der Waals surface area (Å²) in [4.78, 5) is 0. The van der Waals surface area contributed by atoms with Gasteiger partial charge in [0, 0.05) is 12.3 Å². The number of benzene rings is 1. The van der Waals surface area contributed by atoms with Crippen LogP contribution in [0.3, 0.4) is 0 Å². The molecule has 0 heterocycles. The summed E-state index contributed by atoms with van der Waals surface area (Å²) in [5.41, 5.74) is 0.605. The lowest BCUT2D eigenvalue weighted by atomic mass is 10.2. The Hall–Kier alpha value is -1.27. The normalized spacial score (nSPS) is 9.75. The lowest BCUT2D eigenvalue weighted by Crippen LogP contribution is -2.07. The third kappa shape index (κ3) is 4.50. The van der Waals surface area contributed by atoms with E-state index in [1.165, 1.54) is 0 Å². The molecule has 1 rings (SSSR count). The number of hydrogen-bond acceptors (Lipinski definition) is 1. The average Bonchev–Trinajstić information content (AvgIpc) is 2.28. The minimum atomic E-state index is -2.48. The second-order valence-corrected chi connectivity index (χ2v) is 3.32. The SMILES string of the molecule is FC(F)COc1ccccc1C#CCCCl. The highest BCUT2D eigenvalue weighted by atomic mass is 35.5. The van der Waals surface area contributed by atoms with Crippen molar-refractivity contribution in [3.8, 4) is 17.6 Å². The lowest BCUT2D eigenvalue weighted by Gasteiger charge is -2.06. The molecule has 1 nitrogen and oxygen atoms in total. The Morgan fingerprint density at radius 1 is 1.31 bits per heavy atom. The molecule has 0 saturated carbocycles. The summed E-state index contributed by atoms with van der Waals surface area (Å²) in [6.07, 6.45) is -1.92. The molecule has 16 heavy (non-hydrogen) atoms. The number of rotatable bonds is 4. The van der Waals surface area contributed by atoms with Crippen LogP contribution >= 0.6 is 11.6 Å². The van der Waals surface area contributed by atoms with E-state index in [9.17, 15) is 8.78 Å². The highest BCUT2D eigenvalue weighted by Gasteiger charge is 2.05. The third-order valence-electron chi connectivity index (χ3n) is 1.69. The molecular weight excluding hydrogens is 234 g/mol. The van der Waals surface area contributed by atoms with E-state index in [1.54, 1.807) is 24.3 Å². The third-order valence-corrected chi connectivity index (χ3v) is 1.88. The molecule has 0 radical (unpaired) electrons. The van der Waals surface area contributed by atoms with E-state index in [2.05, 4.69) is 11.8 Å². The van der Waals surface area contributed by atoms with Crippen LogP contribution in [0.15, 0.2) is 24.3 Å². The maximum Gasteiger partial charge on any atom is 0.272 e. The minimum Gasteiger partial charge on any atom is -0.486 e. The highest BCUT2D eigenvalue weighted by Crippen LogP contribution is 2.17. The molecule has 86 valence electrons. The Morgan fingerprint density at radius 3 is 2.75 bits per heavy atom. The molecule has 0 N–H and O–H groups in total. The molecule has 0 spiro atoms. The van der Waals surface area contributed by atoms with Gasteiger partial charge in [-0.1, -0.05) is 24.0 Å². The van der Waals surface area contributed by atoms with E-state index in [0.717, 1.165) is 0 Å². The van der Waals surface area contributed by atoms with E-state index in [0.29, 0.717) is 23.6 Å². The fraction of sp³-hybridized carbons (Fsp3) is 0.333. The van der Waals surface area contributed by atoms with E-state index >= 15 is 0 Å². The zero-order valence-electron chi connectivity index (χ0n) is 8.55. The van der Waals surface area contributed by atoms with Gasteiger partial charge in [0.15, 0.2) is 0 Å². The van der Waals surface area contributed by atoms with Crippen molar-refractivity contribution in [2.45, 2.75) is 12.8 Å². The second-order valence-electron chi connectivity index (χ2n) is 2.94. The van der Waals surface area contributed by atoms with Crippen molar-refractivity contribution in [1.82, 2.24) is 0 Å². The smallest absolute Gasteiger partial charge is 0.272 e. The summed E-state index contributed by atoms with van der Waals surface area (Å²) >= 11 is 5.48. The van der Waals surface area contributed by atoms with Crippen molar-refractivity contribution in [3.63, 3.8) is 0 Å². The van der Waals surface area contributed by atoms with Gasteiger partial charge in [0.25, 0.3) is 6.43 Å². The van der Waals surface area contributed by atoms with Gasteiger partial charge < -0.3 is 4.74 Å². The molecule has 0 bridgehead atoms. The van der Waals surface area contributed by atoms with Gasteiger partial charge in [-0.25, -0.2) is 8.78 Å². The Balaban J connectivity index is 2.72. The maximum atomic E-state index is 12.0. The molecule has 0 unspecified atom stereocenters. The van der Waals surface area contributed by atoms with Gasteiger partial charge in [0.1, 0.15) is 12.4 Å². The molecule has 0 aliphatic heterocycles. The molecule has 1 aromatic carbocycles. The second kappa shape index (κ2) is 7.08. The van der Waals surface area contributed by atoms with Crippen LogP contribution in [0.5, 0.6) is 5.75 Å². The predicted molar refractivity (Wildman–Crippen MR) is 60.2 cm³/mol. The molecule has 0 atom stereocenters. The fourth-order valence-electron chi connectivity index (χ4n) is 1.05. The van der Waals surface area contributed by atoms with Crippen molar-refractivity contribution in [2.24, 2.45) is 0 Å². The van der Waals surface area contributed by atoms with Gasteiger partial charge in [-0.3, -0.25) is 0 Å². The summed E-state index contributed by atoms with van der Waals surface area (Å²) in [7, 11) is 0. The Morgan fingerprint density at radius 2 is 2.06 bits per heavy atom. The molecule has 0 saturated heterocycles. The number of ether oxygens (including phenoxy) is 1. The monoisotopic (exact) mass is 244 g/mol. The van der Waals surface area contributed by atoms with Crippen molar-refractivity contribution >= 4 is 11.6 Å². The van der Waals surface area contributed by atoms with Crippen molar-refractivity contribution in [3.05, 3.63) is 29.8 Å². The largest absolute Gasteiger partial charge is 0.486 e. The zero-order chi connectivity index (χ0) is 11.8. The summed E-state index contributed by atoms with van der Waals surface area (Å²) in [5, 5.41) is 0. The van der Waals surface area contributed by atoms with Gasteiger partial charge >= 0.3 is 0 Å². The molecular formula is C12H11ClF2O. The number of hydrogen-bond donors (Lipinski definition) is 0. The standard InChI is InChI=1S/C12H11ClF2O/c13-8-4-3-6-10-5-1-2-7-11(10)16-9-12(14)15/h1-2,5,7,12H,4,8-9H2. The minimum absolute atomic E-state index is 0.380. The lowest BCUT2D eigenvalue weighted by molar-refractivity contribution is 0.0818. The first-order valence-electron chi connectivity index (χ1n) is 4.79. The number of alkyl halides is 3. The fourth-order valence-corrected chi connectivity index (χ4v) is 1.15. The van der Waals surface area contributed by atoms with Crippen LogP contribution in [0.1, 0.15) is 12.0 Å². The maximum absolute atomic E-state index is 12.0. The van der Waals surface area contributed by atoms with Gasteiger partial charge in [-0.2, -0.15) is 0 Å². The van der Waals surface area contributed by atoms with Crippen LogP contribution < -0.4 is 4.74 Å². The van der Waals surface area contributed by atoms with Gasteiger partial charge in [0.05, 0.1) is 5.56 Å². The summed E-state index contributed by atoms with van der Waals surface area (Å²) in [6, 6.07) is 6.84. The van der Waals surface area contributed by atoms with Crippen LogP contribution in [-0.4, -0.2) is 18.9 Å². The molecule has 0 aromatic heterocycles. The first-order chi connectivity index (χ1) is 7.74.